The number of sulfonamides is 1. The van der Waals surface area contributed by atoms with Crippen LogP contribution in [-0.2, 0) is 14.8 Å². The lowest BCUT2D eigenvalue weighted by atomic mass is 9.93. The Bertz CT molecular complexity index is 311. The third-order valence-electron chi connectivity index (χ3n) is 1.96. The van der Waals surface area contributed by atoms with Crippen LogP contribution in [0.25, 0.3) is 0 Å². The molecular formula is C8H19N3O3S. The van der Waals surface area contributed by atoms with Gasteiger partial charge in [-0.1, -0.05) is 0 Å². The molecule has 15 heavy (non-hydrogen) atoms. The Balaban J connectivity index is 4.33. The second kappa shape index (κ2) is 5.43. The van der Waals surface area contributed by atoms with Crippen molar-refractivity contribution < 1.29 is 13.2 Å². The summed E-state index contributed by atoms with van der Waals surface area (Å²) in [6.45, 7) is 3.46. The van der Waals surface area contributed by atoms with E-state index in [0.29, 0.717) is 0 Å². The highest BCUT2D eigenvalue weighted by molar-refractivity contribution is 7.89. The molecule has 0 aliphatic rings. The summed E-state index contributed by atoms with van der Waals surface area (Å²) in [5, 5.41) is 2.48. The maximum atomic E-state index is 11.3. The minimum Gasteiger partial charge on any atom is -0.359 e. The number of nitrogens with one attached hydrogen (secondary N) is 2. The van der Waals surface area contributed by atoms with Gasteiger partial charge >= 0.3 is 0 Å². The minimum absolute atomic E-state index is 0.0645. The lowest BCUT2D eigenvalue weighted by Gasteiger charge is -2.22. The molecule has 0 spiro atoms. The highest BCUT2D eigenvalue weighted by atomic mass is 32.2. The number of hydrogen-bond acceptors (Lipinski definition) is 4. The first-order chi connectivity index (χ1) is 6.75. The highest BCUT2D eigenvalue weighted by Gasteiger charge is 2.28. The Morgan fingerprint density at radius 2 is 1.93 bits per heavy atom. The monoisotopic (exact) mass is 237 g/mol. The van der Waals surface area contributed by atoms with Crippen molar-refractivity contribution >= 4 is 15.9 Å². The molecule has 4 N–H and O–H groups in total. The Labute approximate surface area is 90.7 Å². The van der Waals surface area contributed by atoms with Gasteiger partial charge in [0.25, 0.3) is 0 Å². The summed E-state index contributed by atoms with van der Waals surface area (Å²) in [6.07, 6.45) is 0. The van der Waals surface area contributed by atoms with E-state index in [9.17, 15) is 13.2 Å². The summed E-state index contributed by atoms with van der Waals surface area (Å²) in [4.78, 5) is 11.3. The third kappa shape index (κ3) is 5.10. The van der Waals surface area contributed by atoms with Gasteiger partial charge in [0.05, 0.1) is 11.2 Å². The lowest BCUT2D eigenvalue weighted by molar-refractivity contribution is -0.128. The number of amides is 1. The molecule has 6 nitrogen and oxygen atoms in total. The summed E-state index contributed by atoms with van der Waals surface area (Å²) in [5.41, 5.74) is 4.37. The Morgan fingerprint density at radius 1 is 1.40 bits per heavy atom. The van der Waals surface area contributed by atoms with E-state index in [1.54, 1.807) is 13.8 Å². The van der Waals surface area contributed by atoms with Crippen LogP contribution < -0.4 is 15.8 Å². The molecule has 0 heterocycles. The van der Waals surface area contributed by atoms with Crippen LogP contribution in [0.2, 0.25) is 0 Å². The average Bonchev–Trinajstić information content (AvgIpc) is 2.14. The van der Waals surface area contributed by atoms with Crippen LogP contribution in [0, 0.1) is 5.41 Å². The lowest BCUT2D eigenvalue weighted by Crippen LogP contribution is -2.44. The number of carbonyl (C=O) groups is 1. The van der Waals surface area contributed by atoms with Crippen molar-refractivity contribution in [2.45, 2.75) is 13.8 Å². The van der Waals surface area contributed by atoms with E-state index < -0.39 is 15.4 Å². The van der Waals surface area contributed by atoms with Gasteiger partial charge in [-0.05, 0) is 13.8 Å². The molecule has 7 heteroatoms. The topological polar surface area (TPSA) is 101 Å². The van der Waals surface area contributed by atoms with E-state index in [1.807, 2.05) is 0 Å². The largest absolute Gasteiger partial charge is 0.359 e. The maximum absolute atomic E-state index is 11.3. The van der Waals surface area contributed by atoms with Crippen LogP contribution in [-0.4, -0.2) is 40.2 Å². The normalized spacial score (nSPS) is 12.5. The number of hydrogen-bond donors (Lipinski definition) is 3. The van der Waals surface area contributed by atoms with Gasteiger partial charge in [-0.25, -0.2) is 13.1 Å². The van der Waals surface area contributed by atoms with E-state index >= 15 is 0 Å². The molecule has 0 unspecified atom stereocenters. The van der Waals surface area contributed by atoms with Gasteiger partial charge in [-0.2, -0.15) is 0 Å². The zero-order chi connectivity index (χ0) is 12.1. The number of rotatable bonds is 6. The van der Waals surface area contributed by atoms with Crippen molar-refractivity contribution in [3.05, 3.63) is 0 Å². The molecular weight excluding hydrogens is 218 g/mol. The van der Waals surface area contributed by atoms with E-state index in [1.165, 1.54) is 7.05 Å². The Kier molecular flexibility index (Phi) is 5.19. The molecule has 0 bridgehead atoms. The zero-order valence-electron chi connectivity index (χ0n) is 9.33. The molecule has 90 valence electrons. The fourth-order valence-electron chi connectivity index (χ4n) is 0.936. The van der Waals surface area contributed by atoms with Crippen molar-refractivity contribution in [1.82, 2.24) is 10.0 Å². The standard InChI is InChI=1S/C8H19N3O3S/c1-8(2,7(12)10-3)6-11-15(13,14)5-4-9/h11H,4-6,9H2,1-3H3,(H,10,12). The second-order valence-corrected chi connectivity index (χ2v) is 5.82. The molecule has 0 fully saturated rings. The molecule has 1 amide bonds. The van der Waals surface area contributed by atoms with E-state index in [4.69, 9.17) is 5.73 Å². The second-order valence-electron chi connectivity index (χ2n) is 3.89. The summed E-state index contributed by atoms with van der Waals surface area (Å²) in [6, 6.07) is 0. The molecule has 0 aromatic carbocycles. The van der Waals surface area contributed by atoms with Gasteiger partial charge in [-0.3, -0.25) is 4.79 Å². The first-order valence-electron chi connectivity index (χ1n) is 4.65. The molecule has 0 aromatic rings. The minimum atomic E-state index is -3.36. The third-order valence-corrected chi connectivity index (χ3v) is 3.32. The zero-order valence-corrected chi connectivity index (χ0v) is 10.1. The van der Waals surface area contributed by atoms with Gasteiger partial charge in [-0.15, -0.1) is 0 Å². The Hall–Kier alpha value is -0.660. The first kappa shape index (κ1) is 14.3. The smallest absolute Gasteiger partial charge is 0.226 e. The van der Waals surface area contributed by atoms with Crippen molar-refractivity contribution in [2.75, 3.05) is 25.9 Å². The van der Waals surface area contributed by atoms with Crippen molar-refractivity contribution in [3.8, 4) is 0 Å². The first-order valence-corrected chi connectivity index (χ1v) is 6.30. The molecule has 0 rings (SSSR count). The molecule has 0 saturated heterocycles. The van der Waals surface area contributed by atoms with Crippen LogP contribution in [0.5, 0.6) is 0 Å². The average molecular weight is 237 g/mol. The summed E-state index contributed by atoms with van der Waals surface area (Å²) < 4.78 is 24.9. The van der Waals surface area contributed by atoms with Crippen LogP contribution in [0.3, 0.4) is 0 Å². The predicted octanol–water partition coefficient (Wildman–Crippen LogP) is -1.36. The van der Waals surface area contributed by atoms with Gasteiger partial charge in [0, 0.05) is 20.1 Å². The van der Waals surface area contributed by atoms with Crippen LogP contribution in [0.1, 0.15) is 13.8 Å². The van der Waals surface area contributed by atoms with Crippen molar-refractivity contribution in [1.29, 1.82) is 0 Å². The highest BCUT2D eigenvalue weighted by Crippen LogP contribution is 2.13. The quantitative estimate of drug-likeness (QED) is 0.531. The van der Waals surface area contributed by atoms with Gasteiger partial charge in [0.15, 0.2) is 0 Å². The van der Waals surface area contributed by atoms with Crippen LogP contribution >= 0.6 is 0 Å². The Morgan fingerprint density at radius 3 is 2.33 bits per heavy atom. The molecule has 0 saturated carbocycles. The van der Waals surface area contributed by atoms with E-state index in [-0.39, 0.29) is 24.7 Å². The molecule has 0 aromatic heterocycles. The number of nitrogens with two attached hydrogens (primary N) is 1. The van der Waals surface area contributed by atoms with Gasteiger partial charge in [0.1, 0.15) is 0 Å². The summed E-state index contributed by atoms with van der Waals surface area (Å²) >= 11 is 0. The van der Waals surface area contributed by atoms with Crippen molar-refractivity contribution in [3.63, 3.8) is 0 Å². The van der Waals surface area contributed by atoms with Gasteiger partial charge in [0.2, 0.25) is 15.9 Å². The number of carbonyl (C=O) groups excluding carboxylic acids is 1. The van der Waals surface area contributed by atoms with Crippen molar-refractivity contribution in [2.24, 2.45) is 11.1 Å². The maximum Gasteiger partial charge on any atom is 0.226 e. The SMILES string of the molecule is CNC(=O)C(C)(C)CNS(=O)(=O)CCN. The van der Waals surface area contributed by atoms with E-state index in [2.05, 4.69) is 10.0 Å². The van der Waals surface area contributed by atoms with Gasteiger partial charge < -0.3 is 11.1 Å². The fraction of sp³-hybridized carbons (Fsp3) is 0.875. The fourth-order valence-corrected chi connectivity index (χ4v) is 1.97. The molecule has 0 aliphatic heterocycles. The molecule has 0 atom stereocenters. The van der Waals surface area contributed by atoms with Crippen LogP contribution in [0.4, 0.5) is 0 Å². The molecule has 0 aliphatic carbocycles. The van der Waals surface area contributed by atoms with Crippen LogP contribution in [0.15, 0.2) is 0 Å². The summed E-state index contributed by atoms with van der Waals surface area (Å²) in [7, 11) is -1.85. The van der Waals surface area contributed by atoms with E-state index in [0.717, 1.165) is 0 Å². The molecule has 0 radical (unpaired) electrons. The summed E-state index contributed by atoms with van der Waals surface area (Å²) in [5.74, 6) is -0.338. The predicted molar refractivity (Wildman–Crippen MR) is 58.7 cm³/mol.